The van der Waals surface area contributed by atoms with Gasteiger partial charge in [-0.05, 0) is 54.8 Å². The summed E-state index contributed by atoms with van der Waals surface area (Å²) in [5.41, 5.74) is 1.95. The molecule has 1 saturated heterocycles. The lowest BCUT2D eigenvalue weighted by atomic mass is 9.73. The summed E-state index contributed by atoms with van der Waals surface area (Å²) in [6, 6.07) is 15.3. The number of halogens is 1. The average molecular weight is 428 g/mol. The van der Waals surface area contributed by atoms with Crippen LogP contribution in [0.4, 0.5) is 5.69 Å². The number of benzene rings is 2. The zero-order valence-electron chi connectivity index (χ0n) is 14.5. The summed E-state index contributed by atoms with van der Waals surface area (Å²) >= 11 is 3.46. The molecule has 138 valence electrons. The highest BCUT2D eigenvalue weighted by atomic mass is 79.9. The summed E-state index contributed by atoms with van der Waals surface area (Å²) in [6.07, 6.45) is 2.60. The first kappa shape index (κ1) is 17.9. The summed E-state index contributed by atoms with van der Waals surface area (Å²) in [4.78, 5) is 13.3. The molecule has 4 rings (SSSR count). The van der Waals surface area contributed by atoms with Gasteiger partial charge < -0.3 is 14.5 Å². The predicted octanol–water partition coefficient (Wildman–Crippen LogP) is 4.19. The van der Waals surface area contributed by atoms with E-state index >= 15 is 0 Å². The molecule has 6 nitrogen and oxygen atoms in total. The number of nitrogens with one attached hydrogen (secondary N) is 1. The van der Waals surface area contributed by atoms with Gasteiger partial charge in [-0.3, -0.25) is 4.79 Å². The van der Waals surface area contributed by atoms with Crippen molar-refractivity contribution in [2.75, 3.05) is 18.5 Å². The molecule has 1 amide bonds. The topological polar surface area (TPSA) is 77.3 Å². The second kappa shape index (κ2) is 7.62. The Labute approximate surface area is 165 Å². The van der Waals surface area contributed by atoms with Crippen LogP contribution < -0.4 is 5.32 Å². The smallest absolute Gasteiger partial charge is 0.247 e. The summed E-state index contributed by atoms with van der Waals surface area (Å²) in [7, 11) is 0. The minimum Gasteiger partial charge on any atom is -0.423 e. The first-order chi connectivity index (χ1) is 13.2. The van der Waals surface area contributed by atoms with E-state index < -0.39 is 5.41 Å². The average Bonchev–Trinajstić information content (AvgIpc) is 3.24. The van der Waals surface area contributed by atoms with Crippen LogP contribution in [0.1, 0.15) is 18.4 Å². The Balaban J connectivity index is 1.58. The summed E-state index contributed by atoms with van der Waals surface area (Å²) in [5.74, 6) is 0.433. The highest BCUT2D eigenvalue weighted by Crippen LogP contribution is 2.37. The molecular weight excluding hydrogens is 410 g/mol. The fourth-order valence-electron chi connectivity index (χ4n) is 3.38. The normalized spacial score (nSPS) is 16.0. The highest BCUT2D eigenvalue weighted by Gasteiger charge is 2.41. The molecule has 0 aliphatic carbocycles. The monoisotopic (exact) mass is 427 g/mol. The van der Waals surface area contributed by atoms with Gasteiger partial charge in [0.05, 0.1) is 5.41 Å². The van der Waals surface area contributed by atoms with Crippen molar-refractivity contribution in [3.05, 3.63) is 65.0 Å². The molecule has 0 unspecified atom stereocenters. The van der Waals surface area contributed by atoms with Crippen LogP contribution in [0, 0.1) is 0 Å². The lowest BCUT2D eigenvalue weighted by Gasteiger charge is -2.36. The van der Waals surface area contributed by atoms with Gasteiger partial charge in [0.25, 0.3) is 0 Å². The van der Waals surface area contributed by atoms with E-state index in [1.807, 2.05) is 48.5 Å². The molecule has 7 heteroatoms. The Morgan fingerprint density at radius 3 is 2.37 bits per heavy atom. The molecule has 0 bridgehead atoms. The lowest BCUT2D eigenvalue weighted by molar-refractivity contribution is -0.125. The van der Waals surface area contributed by atoms with Gasteiger partial charge in [-0.1, -0.05) is 28.1 Å². The van der Waals surface area contributed by atoms with Crippen molar-refractivity contribution in [2.45, 2.75) is 18.3 Å². The van der Waals surface area contributed by atoms with Crippen LogP contribution >= 0.6 is 15.9 Å². The van der Waals surface area contributed by atoms with Crippen LogP contribution in [-0.4, -0.2) is 29.3 Å². The third kappa shape index (κ3) is 3.65. The predicted molar refractivity (Wildman–Crippen MR) is 104 cm³/mol. The van der Waals surface area contributed by atoms with Gasteiger partial charge in [-0.25, -0.2) is 0 Å². The number of hydrogen-bond acceptors (Lipinski definition) is 5. The van der Waals surface area contributed by atoms with Crippen molar-refractivity contribution >= 4 is 27.5 Å². The first-order valence-electron chi connectivity index (χ1n) is 8.69. The maximum absolute atomic E-state index is 13.3. The van der Waals surface area contributed by atoms with Crippen LogP contribution in [-0.2, 0) is 14.9 Å². The molecule has 0 spiro atoms. The fraction of sp³-hybridized carbons (Fsp3) is 0.250. The maximum Gasteiger partial charge on any atom is 0.247 e. The number of ether oxygens (including phenoxy) is 1. The minimum absolute atomic E-state index is 0.0151. The molecule has 1 fully saturated rings. The Bertz CT molecular complexity index is 903. The van der Waals surface area contributed by atoms with E-state index in [0.29, 0.717) is 31.9 Å². The van der Waals surface area contributed by atoms with E-state index in [4.69, 9.17) is 9.15 Å². The van der Waals surface area contributed by atoms with E-state index in [9.17, 15) is 4.79 Å². The largest absolute Gasteiger partial charge is 0.423 e. The number of carbonyl (C=O) groups is 1. The highest BCUT2D eigenvalue weighted by molar-refractivity contribution is 9.10. The second-order valence-corrected chi connectivity index (χ2v) is 7.39. The van der Waals surface area contributed by atoms with Crippen molar-refractivity contribution in [2.24, 2.45) is 0 Å². The van der Waals surface area contributed by atoms with Gasteiger partial charge in [-0.15, -0.1) is 10.2 Å². The molecule has 0 radical (unpaired) electrons. The molecule has 3 aromatic rings. The number of carbonyl (C=O) groups excluding carboxylic acids is 1. The second-order valence-electron chi connectivity index (χ2n) is 6.48. The number of nitrogens with zero attached hydrogens (tertiary/aromatic N) is 2. The number of hydrogen-bond donors (Lipinski definition) is 1. The Morgan fingerprint density at radius 2 is 1.74 bits per heavy atom. The SMILES string of the molecule is O=C(Nc1ccc(-c2nnco2)cc1)C1(c2ccc(Br)cc2)CCOCC1. The molecule has 2 aromatic carbocycles. The van der Waals surface area contributed by atoms with Crippen molar-refractivity contribution in [1.29, 1.82) is 0 Å². The summed E-state index contributed by atoms with van der Waals surface area (Å²) in [6.45, 7) is 1.14. The van der Waals surface area contributed by atoms with Crippen LogP contribution in [0.25, 0.3) is 11.5 Å². The number of amides is 1. The van der Waals surface area contributed by atoms with E-state index in [-0.39, 0.29) is 5.91 Å². The third-order valence-electron chi connectivity index (χ3n) is 4.93. The Hall–Kier alpha value is -2.51. The van der Waals surface area contributed by atoms with E-state index in [0.717, 1.165) is 21.3 Å². The van der Waals surface area contributed by atoms with Gasteiger partial charge in [0.1, 0.15) is 0 Å². The van der Waals surface area contributed by atoms with Gasteiger partial charge >= 0.3 is 0 Å². The van der Waals surface area contributed by atoms with Gasteiger partial charge in [-0.2, -0.15) is 0 Å². The molecule has 0 atom stereocenters. The zero-order valence-corrected chi connectivity index (χ0v) is 16.1. The molecule has 27 heavy (non-hydrogen) atoms. The third-order valence-corrected chi connectivity index (χ3v) is 5.46. The van der Waals surface area contributed by atoms with E-state index in [2.05, 4.69) is 31.4 Å². The fourth-order valence-corrected chi connectivity index (χ4v) is 3.65. The van der Waals surface area contributed by atoms with Gasteiger partial charge in [0.15, 0.2) is 0 Å². The minimum atomic E-state index is -0.593. The maximum atomic E-state index is 13.3. The van der Waals surface area contributed by atoms with Gasteiger partial charge in [0, 0.05) is 28.9 Å². The van der Waals surface area contributed by atoms with Crippen molar-refractivity contribution in [3.63, 3.8) is 0 Å². The van der Waals surface area contributed by atoms with Crippen LogP contribution in [0.15, 0.2) is 63.8 Å². The quantitative estimate of drug-likeness (QED) is 0.675. The van der Waals surface area contributed by atoms with Crippen LogP contribution in [0.2, 0.25) is 0 Å². The molecule has 1 aromatic heterocycles. The van der Waals surface area contributed by atoms with Crippen molar-refractivity contribution < 1.29 is 13.9 Å². The van der Waals surface area contributed by atoms with Crippen molar-refractivity contribution in [3.8, 4) is 11.5 Å². The summed E-state index contributed by atoms with van der Waals surface area (Å²) < 4.78 is 11.7. The van der Waals surface area contributed by atoms with E-state index in [1.54, 1.807) is 0 Å². The Morgan fingerprint density at radius 1 is 1.04 bits per heavy atom. The number of rotatable bonds is 4. The zero-order chi connectivity index (χ0) is 18.7. The standard InChI is InChI=1S/C20H18BrN3O3/c21-16-5-3-15(4-6-16)20(9-11-26-12-10-20)19(25)23-17-7-1-14(2-8-17)18-24-22-13-27-18/h1-8,13H,9-12H2,(H,23,25). The molecule has 1 N–H and O–H groups in total. The van der Waals surface area contributed by atoms with E-state index in [1.165, 1.54) is 6.39 Å². The Kier molecular flexibility index (Phi) is 5.05. The number of anilines is 1. The van der Waals surface area contributed by atoms with Gasteiger partial charge in [0.2, 0.25) is 18.2 Å². The first-order valence-corrected chi connectivity index (χ1v) is 9.48. The summed E-state index contributed by atoms with van der Waals surface area (Å²) in [5, 5.41) is 10.6. The lowest BCUT2D eigenvalue weighted by Crippen LogP contribution is -2.44. The van der Waals surface area contributed by atoms with Crippen LogP contribution in [0.5, 0.6) is 0 Å². The molecular formula is C20H18BrN3O3. The molecule has 0 saturated carbocycles. The van der Waals surface area contributed by atoms with Crippen LogP contribution in [0.3, 0.4) is 0 Å². The molecule has 1 aliphatic heterocycles. The number of aromatic nitrogens is 2. The molecule has 2 heterocycles. The van der Waals surface area contributed by atoms with Crippen molar-refractivity contribution in [1.82, 2.24) is 10.2 Å². The molecule has 1 aliphatic rings.